The Morgan fingerprint density at radius 2 is 2.27 bits per heavy atom. The highest BCUT2D eigenvalue weighted by molar-refractivity contribution is 14.1. The van der Waals surface area contributed by atoms with Crippen molar-refractivity contribution in [3.8, 4) is 0 Å². The number of carbonyl (C=O) groups is 1. The van der Waals surface area contributed by atoms with Crippen LogP contribution in [0.4, 0.5) is 0 Å². The Bertz CT molecular complexity index is 366. The van der Waals surface area contributed by atoms with E-state index < -0.39 is 0 Å². The summed E-state index contributed by atoms with van der Waals surface area (Å²) in [5.41, 5.74) is 7.19. The number of benzene rings is 1. The predicted octanol–water partition coefficient (Wildman–Crippen LogP) is 1.68. The van der Waals surface area contributed by atoms with Gasteiger partial charge in [-0.3, -0.25) is 4.79 Å². The highest BCUT2D eigenvalue weighted by Crippen LogP contribution is 2.15. The molecule has 1 aromatic carbocycles. The average molecular weight is 318 g/mol. The van der Waals surface area contributed by atoms with Gasteiger partial charge in [-0.1, -0.05) is 6.07 Å². The van der Waals surface area contributed by atoms with Crippen molar-refractivity contribution in [2.45, 2.75) is 19.9 Å². The van der Waals surface area contributed by atoms with Crippen LogP contribution in [0.5, 0.6) is 0 Å². The van der Waals surface area contributed by atoms with Crippen LogP contribution < -0.4 is 11.1 Å². The first kappa shape index (κ1) is 12.4. The van der Waals surface area contributed by atoms with Crippen LogP contribution in [0.1, 0.15) is 22.8 Å². The van der Waals surface area contributed by atoms with Crippen molar-refractivity contribution in [1.82, 2.24) is 5.32 Å². The number of nitrogens with two attached hydrogens (primary N) is 1. The molecule has 0 aliphatic carbocycles. The second kappa shape index (κ2) is 5.46. The Hall–Kier alpha value is -0.620. The summed E-state index contributed by atoms with van der Waals surface area (Å²) in [5, 5.41) is 2.85. The number of hydrogen-bond acceptors (Lipinski definition) is 2. The van der Waals surface area contributed by atoms with Gasteiger partial charge in [0, 0.05) is 21.7 Å². The third-order valence-electron chi connectivity index (χ3n) is 2.24. The van der Waals surface area contributed by atoms with E-state index in [1.165, 1.54) is 0 Å². The second-order valence-corrected chi connectivity index (χ2v) is 4.68. The molecule has 3 nitrogen and oxygen atoms in total. The number of rotatable bonds is 3. The molecule has 0 aliphatic rings. The van der Waals surface area contributed by atoms with Gasteiger partial charge in [0.15, 0.2) is 0 Å². The molecule has 0 aromatic heterocycles. The summed E-state index contributed by atoms with van der Waals surface area (Å²) in [4.78, 5) is 11.8. The molecule has 0 aliphatic heterocycles. The summed E-state index contributed by atoms with van der Waals surface area (Å²) in [7, 11) is 0. The smallest absolute Gasteiger partial charge is 0.251 e. The molecule has 82 valence electrons. The molecular formula is C11H15IN2O. The molecule has 1 aromatic rings. The van der Waals surface area contributed by atoms with E-state index in [1.54, 1.807) is 0 Å². The van der Waals surface area contributed by atoms with Crippen LogP contribution in [0.25, 0.3) is 0 Å². The van der Waals surface area contributed by atoms with E-state index in [4.69, 9.17) is 5.73 Å². The molecule has 1 rings (SSSR count). The maximum absolute atomic E-state index is 11.8. The lowest BCUT2D eigenvalue weighted by Crippen LogP contribution is -2.38. The van der Waals surface area contributed by atoms with Crippen LogP contribution >= 0.6 is 22.6 Å². The van der Waals surface area contributed by atoms with Crippen molar-refractivity contribution in [2.75, 3.05) is 6.54 Å². The Labute approximate surface area is 104 Å². The third-order valence-corrected chi connectivity index (χ3v) is 3.41. The quantitative estimate of drug-likeness (QED) is 0.833. The topological polar surface area (TPSA) is 55.1 Å². The lowest BCUT2D eigenvalue weighted by molar-refractivity contribution is 0.0940. The largest absolute Gasteiger partial charge is 0.348 e. The minimum absolute atomic E-state index is 0.00904. The number of nitrogens with one attached hydrogen (secondary N) is 1. The maximum atomic E-state index is 11.8. The summed E-state index contributed by atoms with van der Waals surface area (Å²) < 4.78 is 1.10. The monoisotopic (exact) mass is 318 g/mol. The predicted molar refractivity (Wildman–Crippen MR) is 69.9 cm³/mol. The minimum Gasteiger partial charge on any atom is -0.348 e. The summed E-state index contributed by atoms with van der Waals surface area (Å²) in [6.45, 7) is 4.29. The number of halogens is 1. The van der Waals surface area contributed by atoms with Gasteiger partial charge < -0.3 is 11.1 Å². The Morgan fingerprint density at radius 1 is 1.60 bits per heavy atom. The molecule has 0 fully saturated rings. The summed E-state index contributed by atoms with van der Waals surface area (Å²) in [6, 6.07) is 5.71. The van der Waals surface area contributed by atoms with Gasteiger partial charge in [0.25, 0.3) is 5.91 Å². The van der Waals surface area contributed by atoms with E-state index in [9.17, 15) is 4.79 Å². The van der Waals surface area contributed by atoms with Crippen LogP contribution in [-0.2, 0) is 0 Å². The van der Waals surface area contributed by atoms with E-state index >= 15 is 0 Å². The van der Waals surface area contributed by atoms with Gasteiger partial charge in [-0.05, 0) is 54.1 Å². The standard InChI is InChI=1S/C11H15IN2O/c1-7(6-13)14-11(15)9-4-3-5-10(12)8(9)2/h3-5,7H,6,13H2,1-2H3,(H,14,15)/t7-/m0/s1. The van der Waals surface area contributed by atoms with Gasteiger partial charge in [0.2, 0.25) is 0 Å². The van der Waals surface area contributed by atoms with Crippen molar-refractivity contribution in [1.29, 1.82) is 0 Å². The molecule has 15 heavy (non-hydrogen) atoms. The normalized spacial score (nSPS) is 12.3. The first-order valence-corrected chi connectivity index (χ1v) is 5.90. The van der Waals surface area contributed by atoms with Gasteiger partial charge in [-0.15, -0.1) is 0 Å². The van der Waals surface area contributed by atoms with E-state index in [-0.39, 0.29) is 11.9 Å². The van der Waals surface area contributed by atoms with Gasteiger partial charge in [0.05, 0.1) is 0 Å². The SMILES string of the molecule is Cc1c(I)cccc1C(=O)N[C@@H](C)CN. The molecule has 3 N–H and O–H groups in total. The van der Waals surface area contributed by atoms with Gasteiger partial charge in [-0.25, -0.2) is 0 Å². The molecular weight excluding hydrogens is 303 g/mol. The number of carbonyl (C=O) groups excluding carboxylic acids is 1. The third kappa shape index (κ3) is 3.17. The van der Waals surface area contributed by atoms with Crippen molar-refractivity contribution in [3.63, 3.8) is 0 Å². The average Bonchev–Trinajstić information content (AvgIpc) is 2.21. The van der Waals surface area contributed by atoms with Crippen molar-refractivity contribution in [2.24, 2.45) is 5.73 Å². The Balaban J connectivity index is 2.87. The number of amides is 1. The minimum atomic E-state index is -0.0519. The molecule has 1 atom stereocenters. The number of hydrogen-bond donors (Lipinski definition) is 2. The molecule has 0 unspecified atom stereocenters. The summed E-state index contributed by atoms with van der Waals surface area (Å²) in [5.74, 6) is -0.0519. The van der Waals surface area contributed by atoms with Crippen molar-refractivity contribution in [3.05, 3.63) is 32.9 Å². The Kier molecular flexibility index (Phi) is 4.53. The molecule has 0 saturated heterocycles. The van der Waals surface area contributed by atoms with Crippen molar-refractivity contribution < 1.29 is 4.79 Å². The molecule has 0 bridgehead atoms. The molecule has 4 heteroatoms. The fourth-order valence-electron chi connectivity index (χ4n) is 1.21. The van der Waals surface area contributed by atoms with Crippen LogP contribution in [0.15, 0.2) is 18.2 Å². The van der Waals surface area contributed by atoms with Gasteiger partial charge in [-0.2, -0.15) is 0 Å². The zero-order valence-electron chi connectivity index (χ0n) is 8.88. The van der Waals surface area contributed by atoms with Gasteiger partial charge >= 0.3 is 0 Å². The van der Waals surface area contributed by atoms with E-state index in [1.807, 2.05) is 32.0 Å². The molecule has 0 saturated carbocycles. The summed E-state index contributed by atoms with van der Waals surface area (Å²) >= 11 is 2.22. The van der Waals surface area contributed by atoms with E-state index in [2.05, 4.69) is 27.9 Å². The van der Waals surface area contributed by atoms with Crippen LogP contribution in [0.3, 0.4) is 0 Å². The highest BCUT2D eigenvalue weighted by atomic mass is 127. The lowest BCUT2D eigenvalue weighted by Gasteiger charge is -2.13. The van der Waals surface area contributed by atoms with Crippen LogP contribution in [0, 0.1) is 10.5 Å². The second-order valence-electron chi connectivity index (χ2n) is 3.52. The summed E-state index contributed by atoms with van der Waals surface area (Å²) in [6.07, 6.45) is 0. The fraction of sp³-hybridized carbons (Fsp3) is 0.364. The Morgan fingerprint density at radius 3 is 2.87 bits per heavy atom. The molecule has 0 spiro atoms. The maximum Gasteiger partial charge on any atom is 0.251 e. The lowest BCUT2D eigenvalue weighted by atomic mass is 10.1. The zero-order valence-corrected chi connectivity index (χ0v) is 11.0. The van der Waals surface area contributed by atoms with Crippen LogP contribution in [0.2, 0.25) is 0 Å². The van der Waals surface area contributed by atoms with Crippen molar-refractivity contribution >= 4 is 28.5 Å². The first-order valence-electron chi connectivity index (χ1n) is 4.82. The molecule has 0 heterocycles. The highest BCUT2D eigenvalue weighted by Gasteiger charge is 2.11. The zero-order chi connectivity index (χ0) is 11.4. The first-order chi connectivity index (χ1) is 7.06. The van der Waals surface area contributed by atoms with E-state index in [0.29, 0.717) is 6.54 Å². The van der Waals surface area contributed by atoms with Crippen LogP contribution in [-0.4, -0.2) is 18.5 Å². The van der Waals surface area contributed by atoms with E-state index in [0.717, 1.165) is 14.7 Å². The molecule has 0 radical (unpaired) electrons. The fourth-order valence-corrected chi connectivity index (χ4v) is 1.71. The molecule has 1 amide bonds. The van der Waals surface area contributed by atoms with Gasteiger partial charge in [0.1, 0.15) is 0 Å².